The van der Waals surface area contributed by atoms with Gasteiger partial charge in [-0.15, -0.1) is 0 Å². The molecule has 3 rings (SSSR count). The number of nitrogens with zero attached hydrogens (tertiary/aromatic N) is 1. The van der Waals surface area contributed by atoms with E-state index in [1.165, 1.54) is 43.2 Å². The molecule has 0 aromatic heterocycles. The number of phenols is 1. The van der Waals surface area contributed by atoms with E-state index < -0.39 is 17.0 Å². The van der Waals surface area contributed by atoms with Gasteiger partial charge in [-0.3, -0.25) is 4.90 Å². The molecule has 1 heterocycles. The van der Waals surface area contributed by atoms with Crippen LogP contribution in [0, 0.1) is 0 Å². The van der Waals surface area contributed by atoms with Crippen molar-refractivity contribution in [3.63, 3.8) is 0 Å². The van der Waals surface area contributed by atoms with Gasteiger partial charge in [0, 0.05) is 11.8 Å². The van der Waals surface area contributed by atoms with E-state index in [1.807, 2.05) is 6.07 Å². The molecule has 1 fully saturated rings. The van der Waals surface area contributed by atoms with Gasteiger partial charge in [0.1, 0.15) is 5.75 Å². The predicted molar refractivity (Wildman–Crippen MR) is 122 cm³/mol. The van der Waals surface area contributed by atoms with Crippen molar-refractivity contribution in [3.8, 4) is 5.75 Å². The summed E-state index contributed by atoms with van der Waals surface area (Å²) < 4.78 is 0. The number of para-hydroxylation sites is 1. The quantitative estimate of drug-likeness (QED) is 0.456. The second-order valence-corrected chi connectivity index (χ2v) is 12.0. The van der Waals surface area contributed by atoms with Gasteiger partial charge in [-0.1, -0.05) is 78.2 Å². The van der Waals surface area contributed by atoms with E-state index >= 15 is 0 Å². The van der Waals surface area contributed by atoms with Crippen LogP contribution in [0.1, 0.15) is 51.2 Å². The molecule has 0 bridgehead atoms. The molecule has 1 aliphatic heterocycles. The van der Waals surface area contributed by atoms with Crippen molar-refractivity contribution in [3.05, 3.63) is 53.6 Å². The van der Waals surface area contributed by atoms with Crippen LogP contribution in [0.15, 0.2) is 42.5 Å². The summed E-state index contributed by atoms with van der Waals surface area (Å²) in [5.74, 6) is 0.473. The average Bonchev–Trinajstić information content (AvgIpc) is 2.65. The van der Waals surface area contributed by atoms with Crippen molar-refractivity contribution in [1.82, 2.24) is 4.90 Å². The van der Waals surface area contributed by atoms with E-state index in [0.29, 0.717) is 14.3 Å². The summed E-state index contributed by atoms with van der Waals surface area (Å²) in [6.07, 6.45) is 4.01. The van der Waals surface area contributed by atoms with Gasteiger partial charge in [0.05, 0.1) is 0 Å². The Morgan fingerprint density at radius 1 is 0.964 bits per heavy atom. The number of halogens is 2. The maximum atomic E-state index is 10.8. The van der Waals surface area contributed by atoms with Crippen LogP contribution in [0.2, 0.25) is 0 Å². The van der Waals surface area contributed by atoms with Crippen LogP contribution in [-0.4, -0.2) is 23.1 Å². The zero-order valence-corrected chi connectivity index (χ0v) is 21.0. The molecule has 0 spiro atoms. The number of phenolic OH excluding ortho intramolecular Hbond substituents is 1. The van der Waals surface area contributed by atoms with E-state index in [1.54, 1.807) is 0 Å². The van der Waals surface area contributed by atoms with Crippen LogP contribution in [0.3, 0.4) is 0 Å². The van der Waals surface area contributed by atoms with Gasteiger partial charge in [0.25, 0.3) is 0 Å². The molecule has 2 aromatic carbocycles. The first-order valence-corrected chi connectivity index (χ1v) is 15.0. The first-order chi connectivity index (χ1) is 13.4. The van der Waals surface area contributed by atoms with E-state index in [0.717, 1.165) is 17.4 Å². The fraction of sp³-hybridized carbons (Fsp3) is 0.455. The van der Waals surface area contributed by atoms with Crippen LogP contribution >= 0.6 is 27.2 Å². The summed E-state index contributed by atoms with van der Waals surface area (Å²) in [4.78, 5) is 2.57. The Bertz CT molecular complexity index is 746. The molecule has 6 heteroatoms. The van der Waals surface area contributed by atoms with Crippen LogP contribution in [0.4, 0.5) is 0 Å². The van der Waals surface area contributed by atoms with Crippen molar-refractivity contribution in [2.24, 2.45) is 0 Å². The summed E-state index contributed by atoms with van der Waals surface area (Å²) in [6.45, 7) is 9.91. The van der Waals surface area contributed by atoms with Crippen molar-refractivity contribution in [1.29, 1.82) is 0 Å². The fourth-order valence-corrected chi connectivity index (χ4v) is 4.76. The second kappa shape index (κ2) is 11.9. The van der Waals surface area contributed by atoms with Gasteiger partial charge in [-0.05, 0) is 47.8 Å². The van der Waals surface area contributed by atoms with Crippen LogP contribution in [-0.2, 0) is 29.0 Å². The first kappa shape index (κ1) is 24.2. The van der Waals surface area contributed by atoms with Crippen LogP contribution < -0.4 is 10.6 Å². The van der Waals surface area contributed by atoms with Crippen molar-refractivity contribution in [2.45, 2.75) is 52.0 Å². The summed E-state index contributed by atoms with van der Waals surface area (Å²) in [5, 5.41) is 13.2. The number of likely N-dealkylation sites (tertiary alicyclic amines) is 1. The average molecular weight is 474 g/mol. The summed E-state index contributed by atoms with van der Waals surface area (Å²) in [6, 6.07) is 14.9. The third-order valence-electron chi connectivity index (χ3n) is 4.97. The number of hydrogen-bond donors (Lipinski definition) is 1. The second-order valence-electron chi connectivity index (χ2n) is 8.14. The third-order valence-corrected chi connectivity index (χ3v) is 6.40. The zero-order valence-electron chi connectivity index (χ0n) is 16.9. The number of piperidine rings is 1. The van der Waals surface area contributed by atoms with Gasteiger partial charge in [-0.25, -0.2) is 0 Å². The standard InChI is InChI=1S/C22H30NOP.2ClH.Ti/c1-22(2,3)18-11-9-13-20(21(18)24)25-19-12-6-5-10-17(19)16-23-14-7-4-8-15-23;;;/h5-6,9-13,24-25H,4,7-8,14-16H2,1-3H3;2*1H;/q;;;+2/p-2. The molecule has 2 aromatic rings. The van der Waals surface area contributed by atoms with Gasteiger partial charge in [0.15, 0.2) is 0 Å². The van der Waals surface area contributed by atoms with Crippen molar-refractivity contribution < 1.29 is 22.1 Å². The Hall–Kier alpha value is -0.0757. The fourth-order valence-electron chi connectivity index (χ4n) is 3.53. The van der Waals surface area contributed by atoms with E-state index in [2.05, 4.69) is 62.1 Å². The maximum absolute atomic E-state index is 10.8. The molecular weight excluding hydrogens is 444 g/mol. The predicted octanol–water partition coefficient (Wildman–Crippen LogP) is 5.68. The molecule has 1 unspecified atom stereocenters. The SMILES string of the molecule is CC(C)(C)c1cccc(Pc2ccccc2CN2CCCCC2)c1O.[Cl][Ti][Cl]. The molecule has 0 radical (unpaired) electrons. The first-order valence-electron chi connectivity index (χ1n) is 9.73. The summed E-state index contributed by atoms with van der Waals surface area (Å²) in [7, 11) is 10.3. The van der Waals surface area contributed by atoms with Crippen LogP contribution in [0.5, 0.6) is 5.75 Å². The number of benzene rings is 2. The van der Waals surface area contributed by atoms with E-state index in [9.17, 15) is 5.11 Å². The Morgan fingerprint density at radius 3 is 2.21 bits per heavy atom. The molecule has 1 aliphatic rings. The normalized spacial score (nSPS) is 15.3. The van der Waals surface area contributed by atoms with Gasteiger partial charge >= 0.3 is 35.6 Å². The van der Waals surface area contributed by atoms with E-state index in [4.69, 9.17) is 18.6 Å². The molecule has 0 saturated carbocycles. The summed E-state index contributed by atoms with van der Waals surface area (Å²) >= 11 is -0.556. The minimum atomic E-state index is -0.556. The van der Waals surface area contributed by atoms with Crippen molar-refractivity contribution >= 4 is 37.8 Å². The van der Waals surface area contributed by atoms with Gasteiger partial charge in [0.2, 0.25) is 0 Å². The van der Waals surface area contributed by atoms with E-state index in [-0.39, 0.29) is 5.41 Å². The Kier molecular flexibility index (Phi) is 10.3. The summed E-state index contributed by atoms with van der Waals surface area (Å²) in [5.41, 5.74) is 2.40. The van der Waals surface area contributed by atoms with Crippen LogP contribution in [0.25, 0.3) is 0 Å². The Morgan fingerprint density at radius 2 is 1.57 bits per heavy atom. The number of hydrogen-bond acceptors (Lipinski definition) is 2. The molecule has 152 valence electrons. The molecule has 0 amide bonds. The molecule has 1 N–H and O–H groups in total. The minimum absolute atomic E-state index is 0.0438. The van der Waals surface area contributed by atoms with Gasteiger partial charge < -0.3 is 5.11 Å². The molecule has 2 nitrogen and oxygen atoms in total. The number of rotatable bonds is 4. The zero-order chi connectivity index (χ0) is 20.6. The molecule has 1 atom stereocenters. The molecule has 1 saturated heterocycles. The molecular formula is C22H30Cl2NOPTi. The topological polar surface area (TPSA) is 23.5 Å². The Labute approximate surface area is 188 Å². The Balaban J connectivity index is 0.000000878. The number of aromatic hydroxyl groups is 1. The van der Waals surface area contributed by atoms with Gasteiger partial charge in [-0.2, -0.15) is 0 Å². The molecule has 28 heavy (non-hydrogen) atoms. The monoisotopic (exact) mass is 473 g/mol. The van der Waals surface area contributed by atoms with Crippen molar-refractivity contribution in [2.75, 3.05) is 13.1 Å². The molecule has 0 aliphatic carbocycles. The third kappa shape index (κ3) is 7.31.